The van der Waals surface area contributed by atoms with Crippen molar-refractivity contribution >= 4 is 5.57 Å². The molecule has 0 amide bonds. The Morgan fingerprint density at radius 1 is 1.14 bits per heavy atom. The Labute approximate surface area is 126 Å². The molecule has 0 unspecified atom stereocenters. The Balaban J connectivity index is 1.87. The minimum atomic E-state index is 0.618. The van der Waals surface area contributed by atoms with Crippen molar-refractivity contribution in [2.24, 2.45) is 0 Å². The molecule has 1 aliphatic rings. The van der Waals surface area contributed by atoms with Crippen molar-refractivity contribution in [2.75, 3.05) is 6.54 Å². The molecule has 1 heterocycles. The van der Waals surface area contributed by atoms with Gasteiger partial charge in [-0.1, -0.05) is 48.6 Å². The molecule has 0 spiro atoms. The topological polar surface area (TPSA) is 21.3 Å². The van der Waals surface area contributed by atoms with Crippen LogP contribution in [0.1, 0.15) is 29.2 Å². The summed E-state index contributed by atoms with van der Waals surface area (Å²) in [6.45, 7) is 8.68. The number of hydrogen-bond donors (Lipinski definition) is 1. The van der Waals surface area contributed by atoms with Gasteiger partial charge in [0.1, 0.15) is 12.4 Å². The highest BCUT2D eigenvalue weighted by Crippen LogP contribution is 2.31. The van der Waals surface area contributed by atoms with Crippen LogP contribution in [0.4, 0.5) is 0 Å². The molecule has 3 rings (SSSR count). The van der Waals surface area contributed by atoms with Crippen LogP contribution >= 0.6 is 0 Å². The van der Waals surface area contributed by atoms with Gasteiger partial charge in [0, 0.05) is 12.1 Å². The first-order valence-corrected chi connectivity index (χ1v) is 7.44. The SMILES string of the molecule is C=C(C)c1ccc(OCc2ccccc2)c2c1CNCC2. The zero-order valence-electron chi connectivity index (χ0n) is 12.5. The van der Waals surface area contributed by atoms with Crippen molar-refractivity contribution in [1.82, 2.24) is 5.32 Å². The molecule has 2 nitrogen and oxygen atoms in total. The third kappa shape index (κ3) is 3.01. The second kappa shape index (κ2) is 6.15. The number of hydrogen-bond acceptors (Lipinski definition) is 2. The molecule has 0 fully saturated rings. The van der Waals surface area contributed by atoms with Gasteiger partial charge in [-0.2, -0.15) is 0 Å². The second-order valence-electron chi connectivity index (χ2n) is 5.55. The molecule has 0 bridgehead atoms. The Hall–Kier alpha value is -2.06. The van der Waals surface area contributed by atoms with Crippen molar-refractivity contribution in [1.29, 1.82) is 0 Å². The lowest BCUT2D eigenvalue weighted by Crippen LogP contribution is -2.25. The van der Waals surface area contributed by atoms with Crippen LogP contribution in [-0.2, 0) is 19.6 Å². The Kier molecular flexibility index (Phi) is 4.07. The maximum absolute atomic E-state index is 6.07. The largest absolute Gasteiger partial charge is 0.489 e. The van der Waals surface area contributed by atoms with Crippen molar-refractivity contribution in [3.05, 3.63) is 71.3 Å². The number of nitrogens with one attached hydrogen (secondary N) is 1. The molecule has 0 saturated carbocycles. The minimum Gasteiger partial charge on any atom is -0.489 e. The molecular formula is C19H21NO. The van der Waals surface area contributed by atoms with E-state index in [2.05, 4.69) is 43.1 Å². The fourth-order valence-corrected chi connectivity index (χ4v) is 2.84. The molecule has 1 N–H and O–H groups in total. The summed E-state index contributed by atoms with van der Waals surface area (Å²) in [5, 5.41) is 3.44. The summed E-state index contributed by atoms with van der Waals surface area (Å²) in [7, 11) is 0. The van der Waals surface area contributed by atoms with Crippen LogP contribution in [0.2, 0.25) is 0 Å². The van der Waals surface area contributed by atoms with E-state index in [9.17, 15) is 0 Å². The van der Waals surface area contributed by atoms with Gasteiger partial charge in [0.15, 0.2) is 0 Å². The van der Waals surface area contributed by atoms with E-state index in [-0.39, 0.29) is 0 Å². The van der Waals surface area contributed by atoms with Crippen molar-refractivity contribution in [2.45, 2.75) is 26.5 Å². The van der Waals surface area contributed by atoms with E-state index in [0.717, 1.165) is 30.8 Å². The van der Waals surface area contributed by atoms with Gasteiger partial charge in [-0.25, -0.2) is 0 Å². The van der Waals surface area contributed by atoms with Crippen LogP contribution in [0.25, 0.3) is 5.57 Å². The lowest BCUT2D eigenvalue weighted by molar-refractivity contribution is 0.301. The van der Waals surface area contributed by atoms with Crippen LogP contribution in [0, 0.1) is 0 Å². The molecule has 0 aromatic heterocycles. The lowest BCUT2D eigenvalue weighted by Gasteiger charge is -2.23. The van der Waals surface area contributed by atoms with Crippen molar-refractivity contribution < 1.29 is 4.74 Å². The van der Waals surface area contributed by atoms with E-state index in [1.165, 1.54) is 22.3 Å². The van der Waals surface area contributed by atoms with Gasteiger partial charge >= 0.3 is 0 Å². The van der Waals surface area contributed by atoms with Crippen molar-refractivity contribution in [3.63, 3.8) is 0 Å². The molecule has 2 aromatic carbocycles. The highest BCUT2D eigenvalue weighted by molar-refractivity contribution is 5.68. The smallest absolute Gasteiger partial charge is 0.123 e. The number of benzene rings is 2. The summed E-state index contributed by atoms with van der Waals surface area (Å²) in [6.07, 6.45) is 1.01. The molecule has 1 aliphatic heterocycles. The van der Waals surface area contributed by atoms with E-state index in [4.69, 9.17) is 4.74 Å². The average Bonchev–Trinajstić information content (AvgIpc) is 2.53. The van der Waals surface area contributed by atoms with Gasteiger partial charge < -0.3 is 10.1 Å². The van der Waals surface area contributed by atoms with E-state index in [1.807, 2.05) is 18.2 Å². The minimum absolute atomic E-state index is 0.618. The summed E-state index contributed by atoms with van der Waals surface area (Å²) in [4.78, 5) is 0. The van der Waals surface area contributed by atoms with Crippen LogP contribution in [0.5, 0.6) is 5.75 Å². The first kappa shape index (κ1) is 13.9. The molecule has 0 aliphatic carbocycles. The monoisotopic (exact) mass is 279 g/mol. The zero-order valence-corrected chi connectivity index (χ0v) is 12.5. The summed E-state index contributed by atoms with van der Waals surface area (Å²) in [6, 6.07) is 14.5. The van der Waals surface area contributed by atoms with Gasteiger partial charge in [-0.05, 0) is 42.6 Å². The van der Waals surface area contributed by atoms with Crippen molar-refractivity contribution in [3.8, 4) is 5.75 Å². The summed E-state index contributed by atoms with van der Waals surface area (Å²) in [5.41, 5.74) is 6.25. The Bertz CT molecular complexity index is 646. The van der Waals surface area contributed by atoms with E-state index in [0.29, 0.717) is 6.61 Å². The second-order valence-corrected chi connectivity index (χ2v) is 5.55. The molecular weight excluding hydrogens is 258 g/mol. The fourth-order valence-electron chi connectivity index (χ4n) is 2.84. The number of fused-ring (bicyclic) bond motifs is 1. The van der Waals surface area contributed by atoms with E-state index >= 15 is 0 Å². The molecule has 0 radical (unpaired) electrons. The highest BCUT2D eigenvalue weighted by Gasteiger charge is 2.17. The van der Waals surface area contributed by atoms with Gasteiger partial charge in [0.25, 0.3) is 0 Å². The highest BCUT2D eigenvalue weighted by atomic mass is 16.5. The van der Waals surface area contributed by atoms with Crippen LogP contribution in [-0.4, -0.2) is 6.54 Å². The van der Waals surface area contributed by atoms with Gasteiger partial charge in [0.05, 0.1) is 0 Å². The molecule has 21 heavy (non-hydrogen) atoms. The van der Waals surface area contributed by atoms with Gasteiger partial charge in [-0.15, -0.1) is 0 Å². The summed E-state index contributed by atoms with van der Waals surface area (Å²) < 4.78 is 6.07. The lowest BCUT2D eigenvalue weighted by atomic mass is 9.92. The molecule has 0 saturated heterocycles. The third-order valence-electron chi connectivity index (χ3n) is 3.94. The molecule has 0 atom stereocenters. The van der Waals surface area contributed by atoms with E-state index in [1.54, 1.807) is 0 Å². The normalized spacial score (nSPS) is 13.6. The molecule has 108 valence electrons. The quantitative estimate of drug-likeness (QED) is 0.915. The standard InChI is InChI=1S/C19H21NO/c1-14(2)16-8-9-19(17-10-11-20-12-18(16)17)21-13-15-6-4-3-5-7-15/h3-9,20H,1,10-13H2,2H3. The molecule has 2 aromatic rings. The summed E-state index contributed by atoms with van der Waals surface area (Å²) >= 11 is 0. The first-order valence-electron chi connectivity index (χ1n) is 7.44. The zero-order chi connectivity index (χ0) is 14.7. The molecule has 2 heteroatoms. The number of ether oxygens (including phenoxy) is 1. The average molecular weight is 279 g/mol. The van der Waals surface area contributed by atoms with Gasteiger partial charge in [-0.3, -0.25) is 0 Å². The Morgan fingerprint density at radius 2 is 1.95 bits per heavy atom. The van der Waals surface area contributed by atoms with Crippen LogP contribution < -0.4 is 10.1 Å². The Morgan fingerprint density at radius 3 is 2.71 bits per heavy atom. The van der Waals surface area contributed by atoms with Gasteiger partial charge in [0.2, 0.25) is 0 Å². The third-order valence-corrected chi connectivity index (χ3v) is 3.94. The maximum Gasteiger partial charge on any atom is 0.123 e. The predicted octanol–water partition coefficient (Wildman–Crippen LogP) is 3.94. The fraction of sp³-hybridized carbons (Fsp3) is 0.263. The van der Waals surface area contributed by atoms with E-state index < -0.39 is 0 Å². The maximum atomic E-state index is 6.07. The number of rotatable bonds is 4. The first-order chi connectivity index (χ1) is 10.3. The van der Waals surface area contributed by atoms with Crippen LogP contribution in [0.3, 0.4) is 0 Å². The summed E-state index contributed by atoms with van der Waals surface area (Å²) in [5.74, 6) is 1.01. The predicted molar refractivity (Wildman–Crippen MR) is 87.3 cm³/mol. The van der Waals surface area contributed by atoms with Crippen LogP contribution in [0.15, 0.2) is 49.0 Å². The number of allylic oxidation sites excluding steroid dienone is 1.